The summed E-state index contributed by atoms with van der Waals surface area (Å²) in [4.78, 5) is 11.7. The van der Waals surface area contributed by atoms with Gasteiger partial charge in [0.25, 0.3) is 0 Å². The van der Waals surface area contributed by atoms with Gasteiger partial charge in [0.2, 0.25) is 15.9 Å². The predicted octanol–water partition coefficient (Wildman–Crippen LogP) is 2.15. The number of hydrogen-bond donors (Lipinski definition) is 2. The second-order valence-corrected chi connectivity index (χ2v) is 9.17. The molecule has 1 aromatic carbocycles. The first-order chi connectivity index (χ1) is 9.95. The number of benzene rings is 1. The largest absolute Gasteiger partial charge is 0.289 e. The quantitative estimate of drug-likeness (QED) is 0.619. The van der Waals surface area contributed by atoms with Gasteiger partial charge in [0.05, 0.1) is 10.4 Å². The molecule has 22 heavy (non-hydrogen) atoms. The molecule has 0 aliphatic rings. The molecule has 0 fully saturated rings. The molecule has 0 aliphatic heterocycles. The lowest BCUT2D eigenvalue weighted by Crippen LogP contribution is -2.48. The summed E-state index contributed by atoms with van der Waals surface area (Å²) in [5.41, 5.74) is 1.12. The molecule has 7 heteroatoms. The molecule has 0 bridgehead atoms. The Balaban J connectivity index is 3.12. The van der Waals surface area contributed by atoms with E-state index in [1.807, 2.05) is 6.07 Å². The van der Waals surface area contributed by atoms with E-state index in [2.05, 4.69) is 0 Å². The Morgan fingerprint density at radius 3 is 2.14 bits per heavy atom. The monoisotopic (exact) mass is 328 g/mol. The van der Waals surface area contributed by atoms with Crippen molar-refractivity contribution >= 4 is 21.6 Å². The molecular weight excluding hydrogens is 304 g/mol. The molecule has 0 atom stereocenters. The van der Waals surface area contributed by atoms with Crippen LogP contribution in [0.25, 0.3) is 0 Å². The lowest BCUT2D eigenvalue weighted by molar-refractivity contribution is -0.138. The van der Waals surface area contributed by atoms with Crippen LogP contribution in [-0.4, -0.2) is 31.3 Å². The minimum atomic E-state index is -3.69. The normalized spacial score (nSPS) is 12.8. The van der Waals surface area contributed by atoms with Crippen LogP contribution in [0.4, 0.5) is 5.69 Å². The summed E-state index contributed by atoms with van der Waals surface area (Å²) in [6.07, 6.45) is 0.0614. The number of para-hydroxylation sites is 1. The smallest absolute Gasteiger partial charge is 0.249 e. The number of carbonyl (C=O) groups excluding carboxylic acids is 1. The van der Waals surface area contributed by atoms with Crippen molar-refractivity contribution in [3.63, 3.8) is 0 Å². The molecule has 0 aliphatic carbocycles. The number of sulfonamides is 1. The van der Waals surface area contributed by atoms with Crippen molar-refractivity contribution in [3.05, 3.63) is 30.3 Å². The van der Waals surface area contributed by atoms with Gasteiger partial charge in [-0.15, -0.1) is 0 Å². The van der Waals surface area contributed by atoms with Gasteiger partial charge in [0.1, 0.15) is 0 Å². The molecule has 0 unspecified atom stereocenters. The zero-order chi connectivity index (χ0) is 17.2. The maximum Gasteiger partial charge on any atom is 0.249 e. The van der Waals surface area contributed by atoms with Gasteiger partial charge in [-0.1, -0.05) is 32.0 Å². The number of nitrogens with zero attached hydrogens (tertiary/aromatic N) is 1. The minimum Gasteiger partial charge on any atom is -0.289 e. The van der Waals surface area contributed by atoms with E-state index in [9.17, 15) is 13.2 Å². The molecule has 0 saturated carbocycles. The van der Waals surface area contributed by atoms with Crippen molar-refractivity contribution in [1.82, 2.24) is 5.48 Å². The van der Waals surface area contributed by atoms with Crippen LogP contribution in [0.2, 0.25) is 0 Å². The molecule has 0 heterocycles. The highest BCUT2D eigenvalue weighted by Gasteiger charge is 2.44. The second kappa shape index (κ2) is 6.26. The van der Waals surface area contributed by atoms with Crippen LogP contribution in [0.3, 0.4) is 0 Å². The lowest BCUT2D eigenvalue weighted by atomic mass is 9.83. The number of anilines is 1. The first kappa shape index (κ1) is 18.4. The molecule has 1 rings (SSSR count). The predicted molar refractivity (Wildman–Crippen MR) is 86.2 cm³/mol. The molecule has 2 N–H and O–H groups in total. The van der Waals surface area contributed by atoms with Gasteiger partial charge in [-0.05, 0) is 32.4 Å². The van der Waals surface area contributed by atoms with E-state index < -0.39 is 26.1 Å². The summed E-state index contributed by atoms with van der Waals surface area (Å²) in [5, 5.41) is 8.80. The third-order valence-corrected chi connectivity index (χ3v) is 6.24. The van der Waals surface area contributed by atoms with E-state index in [4.69, 9.17) is 5.21 Å². The number of amides is 1. The van der Waals surface area contributed by atoms with E-state index in [0.717, 1.165) is 0 Å². The van der Waals surface area contributed by atoms with Gasteiger partial charge in [0, 0.05) is 12.5 Å². The van der Waals surface area contributed by atoms with E-state index in [1.54, 1.807) is 57.4 Å². The van der Waals surface area contributed by atoms with Crippen molar-refractivity contribution in [2.75, 3.05) is 11.4 Å². The SMILES string of the molecule is CN(c1ccccc1)S(=O)(=O)C(C)(C)CC(C)(C)C(=O)NO. The molecule has 1 amide bonds. The molecule has 1 aromatic rings. The van der Waals surface area contributed by atoms with Crippen LogP contribution in [0.15, 0.2) is 30.3 Å². The fourth-order valence-corrected chi connectivity index (χ4v) is 4.22. The molecule has 6 nitrogen and oxygen atoms in total. The number of hydroxylamine groups is 1. The van der Waals surface area contributed by atoms with Gasteiger partial charge < -0.3 is 0 Å². The minimum absolute atomic E-state index is 0.0614. The second-order valence-electron chi connectivity index (χ2n) is 6.57. The maximum atomic E-state index is 12.9. The highest BCUT2D eigenvalue weighted by molar-refractivity contribution is 7.94. The van der Waals surface area contributed by atoms with Crippen molar-refractivity contribution in [2.24, 2.45) is 5.41 Å². The van der Waals surface area contributed by atoms with Crippen LogP contribution >= 0.6 is 0 Å². The highest BCUT2D eigenvalue weighted by Crippen LogP contribution is 2.35. The number of nitrogens with one attached hydrogen (secondary N) is 1. The van der Waals surface area contributed by atoms with Gasteiger partial charge in [-0.25, -0.2) is 13.9 Å². The number of carbonyl (C=O) groups is 1. The van der Waals surface area contributed by atoms with Crippen molar-refractivity contribution in [2.45, 2.75) is 38.9 Å². The van der Waals surface area contributed by atoms with Gasteiger partial charge in [-0.3, -0.25) is 14.3 Å². The Labute approximate surface area is 132 Å². The summed E-state index contributed by atoms with van der Waals surface area (Å²) in [6.45, 7) is 6.35. The van der Waals surface area contributed by atoms with Crippen LogP contribution in [0.1, 0.15) is 34.1 Å². The van der Waals surface area contributed by atoms with Gasteiger partial charge >= 0.3 is 0 Å². The zero-order valence-electron chi connectivity index (χ0n) is 13.6. The molecule has 0 aromatic heterocycles. The number of hydrogen-bond acceptors (Lipinski definition) is 4. The Bertz CT molecular complexity index is 624. The van der Waals surface area contributed by atoms with Gasteiger partial charge in [-0.2, -0.15) is 0 Å². The van der Waals surface area contributed by atoms with Crippen molar-refractivity contribution in [1.29, 1.82) is 0 Å². The Kier molecular flexibility index (Phi) is 5.25. The first-order valence-corrected chi connectivity index (χ1v) is 8.38. The van der Waals surface area contributed by atoms with Crippen LogP contribution in [0, 0.1) is 5.41 Å². The summed E-state index contributed by atoms with van der Waals surface area (Å²) in [7, 11) is -2.20. The van der Waals surface area contributed by atoms with Crippen LogP contribution < -0.4 is 9.79 Å². The molecule has 124 valence electrons. The summed E-state index contributed by atoms with van der Waals surface area (Å²) in [6, 6.07) is 8.75. The average molecular weight is 328 g/mol. The fourth-order valence-electron chi connectivity index (χ4n) is 2.53. The van der Waals surface area contributed by atoms with Crippen LogP contribution in [0.5, 0.6) is 0 Å². The van der Waals surface area contributed by atoms with Crippen molar-refractivity contribution in [3.8, 4) is 0 Å². The molecular formula is C15H24N2O4S. The van der Waals surface area contributed by atoms with E-state index in [0.29, 0.717) is 5.69 Å². The average Bonchev–Trinajstić information content (AvgIpc) is 2.45. The van der Waals surface area contributed by atoms with Crippen molar-refractivity contribution < 1.29 is 18.4 Å². The molecule has 0 saturated heterocycles. The summed E-state index contributed by atoms with van der Waals surface area (Å²) < 4.78 is 25.8. The van der Waals surface area contributed by atoms with E-state index in [-0.39, 0.29) is 6.42 Å². The Hall–Kier alpha value is -1.60. The van der Waals surface area contributed by atoms with Gasteiger partial charge in [0.15, 0.2) is 0 Å². The highest BCUT2D eigenvalue weighted by atomic mass is 32.2. The lowest BCUT2D eigenvalue weighted by Gasteiger charge is -2.36. The third-order valence-electron chi connectivity index (χ3n) is 3.76. The summed E-state index contributed by atoms with van der Waals surface area (Å²) >= 11 is 0. The third kappa shape index (κ3) is 3.59. The van der Waals surface area contributed by atoms with Crippen LogP contribution in [-0.2, 0) is 14.8 Å². The van der Waals surface area contributed by atoms with E-state index >= 15 is 0 Å². The maximum absolute atomic E-state index is 12.9. The van der Waals surface area contributed by atoms with E-state index in [1.165, 1.54) is 11.4 Å². The first-order valence-electron chi connectivity index (χ1n) is 6.94. The molecule has 0 radical (unpaired) electrons. The topological polar surface area (TPSA) is 86.7 Å². The Morgan fingerprint density at radius 2 is 1.68 bits per heavy atom. The number of rotatable bonds is 6. The summed E-state index contributed by atoms with van der Waals surface area (Å²) in [5.74, 6) is -0.613. The fraction of sp³-hybridized carbons (Fsp3) is 0.533. The standard InChI is InChI=1S/C15H24N2O4S/c1-14(2,13(18)16-19)11-15(3,4)22(20,21)17(5)12-9-7-6-8-10-12/h6-10,19H,11H2,1-5H3,(H,16,18). The molecule has 0 spiro atoms. The Morgan fingerprint density at radius 1 is 1.18 bits per heavy atom. The zero-order valence-corrected chi connectivity index (χ0v) is 14.4.